The molecule has 0 aliphatic carbocycles. The quantitative estimate of drug-likeness (QED) is 0.0862. The molecular formula is C43H65N5O10. The minimum absolute atomic E-state index is 0.0301. The van der Waals surface area contributed by atoms with Crippen molar-refractivity contribution in [2.24, 2.45) is 11.8 Å². The molecule has 5 amide bonds. The van der Waals surface area contributed by atoms with E-state index in [-0.39, 0.29) is 37.5 Å². The fourth-order valence-electron chi connectivity index (χ4n) is 6.17. The van der Waals surface area contributed by atoms with Crippen LogP contribution in [0.4, 0.5) is 4.79 Å². The summed E-state index contributed by atoms with van der Waals surface area (Å²) in [5.74, 6) is -3.12. The van der Waals surface area contributed by atoms with Crippen molar-refractivity contribution in [1.29, 1.82) is 0 Å². The number of aliphatic hydroxyl groups excluding tert-OH is 2. The van der Waals surface area contributed by atoms with Crippen molar-refractivity contribution >= 4 is 35.7 Å². The summed E-state index contributed by atoms with van der Waals surface area (Å²) in [4.78, 5) is 78.9. The molecule has 0 aliphatic rings. The Hall–Kier alpha value is -5.02. The molecule has 0 heterocycles. The number of hydrogen-bond donors (Lipinski definition) is 7. The Morgan fingerprint density at radius 1 is 0.603 bits per heavy atom. The molecule has 2 aromatic rings. The Kier molecular flexibility index (Phi) is 20.4. The maximum Gasteiger partial charge on any atom is 0.408 e. The highest BCUT2D eigenvalue weighted by Crippen LogP contribution is 2.15. The van der Waals surface area contributed by atoms with Crippen molar-refractivity contribution in [3.63, 3.8) is 0 Å². The van der Waals surface area contributed by atoms with E-state index >= 15 is 0 Å². The number of aliphatic hydroxyl groups is 2. The highest BCUT2D eigenvalue weighted by atomic mass is 16.6. The van der Waals surface area contributed by atoms with Gasteiger partial charge in [-0.2, -0.15) is 0 Å². The van der Waals surface area contributed by atoms with E-state index in [0.29, 0.717) is 6.42 Å². The maximum absolute atomic E-state index is 14.1. The van der Waals surface area contributed by atoms with Crippen LogP contribution in [0.1, 0.15) is 92.2 Å². The van der Waals surface area contributed by atoms with Crippen molar-refractivity contribution in [2.45, 2.75) is 142 Å². The van der Waals surface area contributed by atoms with Crippen LogP contribution in [0.2, 0.25) is 0 Å². The Labute approximate surface area is 342 Å². The second kappa shape index (κ2) is 24.0. The van der Waals surface area contributed by atoms with Gasteiger partial charge in [-0.1, -0.05) is 88.4 Å². The largest absolute Gasteiger partial charge is 0.469 e. The number of ether oxygens (including phenoxy) is 2. The summed E-state index contributed by atoms with van der Waals surface area (Å²) in [6.45, 7) is 14.1. The van der Waals surface area contributed by atoms with Crippen LogP contribution in [0.3, 0.4) is 0 Å². The molecule has 0 aliphatic heterocycles. The molecule has 15 nitrogen and oxygen atoms in total. The van der Waals surface area contributed by atoms with E-state index in [4.69, 9.17) is 4.74 Å². The number of benzene rings is 2. The van der Waals surface area contributed by atoms with Gasteiger partial charge < -0.3 is 46.3 Å². The van der Waals surface area contributed by atoms with Gasteiger partial charge >= 0.3 is 12.1 Å². The van der Waals surface area contributed by atoms with Crippen molar-refractivity contribution in [1.82, 2.24) is 26.6 Å². The summed E-state index contributed by atoms with van der Waals surface area (Å²) >= 11 is 0. The monoisotopic (exact) mass is 811 g/mol. The summed E-state index contributed by atoms with van der Waals surface area (Å²) < 4.78 is 10.1. The molecule has 2 aromatic carbocycles. The average Bonchev–Trinajstić information content (AvgIpc) is 3.13. The summed E-state index contributed by atoms with van der Waals surface area (Å²) in [6.07, 6.45) is -3.37. The standard InChI is InChI=1S/C43H65N5O10/c1-26(2)20-31(35(49)24-37(51)44-28(5)39(53)45-32(21-27(3)4)36(50)25-38(52)57-9)46-40(54)33(22-29-16-12-10-13-17-29)47-41(55)34(23-30-18-14-11-15-19-30)48-42(56)58-43(6,7)8/h10-19,26-28,31-36,49-50H,20-25H2,1-9H3,(H,44,51)(H,45,53)(H,46,54)(H,47,55)(H,48,56)/t28-,31-,32-,33-,34-,35?,36?/m0/s1. The summed E-state index contributed by atoms with van der Waals surface area (Å²) in [5.41, 5.74) is 0.678. The number of amides is 5. The minimum Gasteiger partial charge on any atom is -0.469 e. The first kappa shape index (κ1) is 49.1. The zero-order chi connectivity index (χ0) is 43.6. The average molecular weight is 812 g/mol. The summed E-state index contributed by atoms with van der Waals surface area (Å²) in [5, 5.41) is 35.5. The fraction of sp³-hybridized carbons (Fsp3) is 0.581. The molecule has 0 aromatic heterocycles. The number of alkyl carbamates (subject to hydrolysis) is 1. The van der Waals surface area contributed by atoms with Crippen LogP contribution in [0.25, 0.3) is 0 Å². The van der Waals surface area contributed by atoms with Crippen LogP contribution in [0.15, 0.2) is 60.7 Å². The van der Waals surface area contributed by atoms with Crippen molar-refractivity contribution in [3.05, 3.63) is 71.8 Å². The molecule has 15 heteroatoms. The van der Waals surface area contributed by atoms with E-state index in [1.165, 1.54) is 14.0 Å². The molecule has 0 bridgehead atoms. The number of carbonyl (C=O) groups excluding carboxylic acids is 6. The maximum atomic E-state index is 14.1. The van der Waals surface area contributed by atoms with Crippen LogP contribution in [0, 0.1) is 11.8 Å². The predicted molar refractivity (Wildman–Crippen MR) is 219 cm³/mol. The topological polar surface area (TPSA) is 221 Å². The second-order valence-electron chi connectivity index (χ2n) is 16.5. The Morgan fingerprint density at radius 3 is 1.48 bits per heavy atom. The van der Waals surface area contributed by atoms with E-state index in [9.17, 15) is 39.0 Å². The van der Waals surface area contributed by atoms with E-state index in [1.54, 1.807) is 45.0 Å². The van der Waals surface area contributed by atoms with Gasteiger partial charge in [-0.05, 0) is 63.5 Å². The molecule has 0 spiro atoms. The van der Waals surface area contributed by atoms with Crippen molar-refractivity contribution in [2.75, 3.05) is 7.11 Å². The van der Waals surface area contributed by atoms with Gasteiger partial charge in [0.05, 0.1) is 44.2 Å². The molecule has 0 fully saturated rings. The smallest absolute Gasteiger partial charge is 0.408 e. The lowest BCUT2D eigenvalue weighted by Gasteiger charge is -2.29. The number of methoxy groups -OCH3 is 1. The summed E-state index contributed by atoms with van der Waals surface area (Å²) in [7, 11) is 1.20. The first-order valence-corrected chi connectivity index (χ1v) is 19.9. The van der Waals surface area contributed by atoms with Crippen LogP contribution in [0.5, 0.6) is 0 Å². The van der Waals surface area contributed by atoms with Crippen LogP contribution in [-0.2, 0) is 46.3 Å². The van der Waals surface area contributed by atoms with Crippen molar-refractivity contribution < 1.29 is 48.5 Å². The van der Waals surface area contributed by atoms with E-state index in [0.717, 1.165) is 11.1 Å². The zero-order valence-corrected chi connectivity index (χ0v) is 35.4. The van der Waals surface area contributed by atoms with E-state index in [2.05, 4.69) is 31.3 Å². The third-order valence-electron chi connectivity index (χ3n) is 9.01. The van der Waals surface area contributed by atoms with Gasteiger partial charge in [-0.3, -0.25) is 24.0 Å². The van der Waals surface area contributed by atoms with E-state index < -0.39 is 90.1 Å². The predicted octanol–water partition coefficient (Wildman–Crippen LogP) is 3.09. The molecule has 322 valence electrons. The lowest BCUT2D eigenvalue weighted by atomic mass is 9.95. The molecule has 7 atom stereocenters. The number of esters is 1. The third-order valence-corrected chi connectivity index (χ3v) is 9.01. The van der Waals surface area contributed by atoms with E-state index in [1.807, 2.05) is 64.1 Å². The fourth-order valence-corrected chi connectivity index (χ4v) is 6.17. The molecule has 58 heavy (non-hydrogen) atoms. The third kappa shape index (κ3) is 18.9. The number of carbonyl (C=O) groups is 6. The van der Waals surface area contributed by atoms with Crippen LogP contribution in [-0.4, -0.2) is 101 Å². The first-order valence-electron chi connectivity index (χ1n) is 19.9. The number of rotatable bonds is 22. The van der Waals surface area contributed by atoms with Gasteiger partial charge in [-0.15, -0.1) is 0 Å². The highest BCUT2D eigenvalue weighted by molar-refractivity contribution is 5.92. The summed E-state index contributed by atoms with van der Waals surface area (Å²) in [6, 6.07) is 13.1. The minimum atomic E-state index is -1.38. The highest BCUT2D eigenvalue weighted by Gasteiger charge is 2.33. The normalized spacial score (nSPS) is 15.1. The molecule has 0 saturated heterocycles. The zero-order valence-electron chi connectivity index (χ0n) is 35.4. The van der Waals surface area contributed by atoms with Gasteiger partial charge in [-0.25, -0.2) is 4.79 Å². The Bertz CT molecular complexity index is 1620. The lowest BCUT2D eigenvalue weighted by molar-refractivity contribution is -0.144. The lowest BCUT2D eigenvalue weighted by Crippen LogP contribution is -2.58. The number of nitrogens with one attached hydrogen (secondary N) is 5. The van der Waals surface area contributed by atoms with Crippen molar-refractivity contribution in [3.8, 4) is 0 Å². The molecule has 0 saturated carbocycles. The van der Waals surface area contributed by atoms with Crippen LogP contribution >= 0.6 is 0 Å². The molecular weight excluding hydrogens is 746 g/mol. The molecule has 2 rings (SSSR count). The Balaban J connectivity index is 2.25. The van der Waals surface area contributed by atoms with Crippen LogP contribution < -0.4 is 26.6 Å². The Morgan fingerprint density at radius 2 is 1.03 bits per heavy atom. The van der Waals surface area contributed by atoms with Gasteiger partial charge in [0, 0.05) is 12.8 Å². The molecule has 0 radical (unpaired) electrons. The number of hydrogen-bond acceptors (Lipinski definition) is 10. The van der Waals surface area contributed by atoms with Gasteiger partial charge in [0.25, 0.3) is 0 Å². The molecule has 2 unspecified atom stereocenters. The van der Waals surface area contributed by atoms with Gasteiger partial charge in [0.2, 0.25) is 23.6 Å². The van der Waals surface area contributed by atoms with Gasteiger partial charge in [0.15, 0.2) is 0 Å². The SMILES string of the molecule is COC(=O)CC(O)[C@H](CC(C)C)NC(=O)[C@H](C)NC(=O)CC(O)[C@H](CC(C)C)NC(=O)[C@H](Cc1ccccc1)NC(=O)[C@H](Cc1ccccc1)NC(=O)OC(C)(C)C. The second-order valence-corrected chi connectivity index (χ2v) is 16.5. The van der Waals surface area contributed by atoms with Gasteiger partial charge in [0.1, 0.15) is 23.7 Å². The first-order chi connectivity index (χ1) is 27.2. The molecule has 7 N–H and O–H groups in total.